The van der Waals surface area contributed by atoms with Gasteiger partial charge in [-0.1, -0.05) is 65.7 Å². The van der Waals surface area contributed by atoms with Crippen LogP contribution in [0, 0.1) is 18.3 Å². The first-order valence-corrected chi connectivity index (χ1v) is 12.3. The monoisotopic (exact) mass is 502 g/mol. The average molecular weight is 503 g/mol. The second-order valence-electron chi connectivity index (χ2n) is 7.68. The van der Waals surface area contributed by atoms with Gasteiger partial charge in [0.05, 0.1) is 0 Å². The number of amides is 1. The standard InChI is InChI=1S/C27H19ClN2O4S/c1-18-9-12-23(13-10-18)35(32,33)34-26-14-11-19-5-2-3-8-24(19)25(26)15-20(17-29)27(31)30-22-7-4-6-21(28)16-22/h2-16H,1H3,(H,30,31)/b20-15+. The Morgan fingerprint density at radius 3 is 2.46 bits per heavy atom. The fraction of sp³-hybridized carbons (Fsp3) is 0.0370. The number of carbonyl (C=O) groups excluding carboxylic acids is 1. The molecule has 4 aromatic rings. The molecule has 4 aromatic carbocycles. The van der Waals surface area contributed by atoms with Crippen LogP contribution in [0.5, 0.6) is 5.75 Å². The molecule has 0 fully saturated rings. The van der Waals surface area contributed by atoms with Gasteiger partial charge in [0.2, 0.25) is 0 Å². The summed E-state index contributed by atoms with van der Waals surface area (Å²) < 4.78 is 31.4. The molecule has 0 aliphatic carbocycles. The van der Waals surface area contributed by atoms with E-state index in [9.17, 15) is 18.5 Å². The molecule has 8 heteroatoms. The van der Waals surface area contributed by atoms with Gasteiger partial charge in [0.1, 0.15) is 16.5 Å². The van der Waals surface area contributed by atoms with Gasteiger partial charge < -0.3 is 9.50 Å². The molecule has 0 unspecified atom stereocenters. The molecule has 174 valence electrons. The van der Waals surface area contributed by atoms with Crippen molar-refractivity contribution in [3.8, 4) is 11.8 Å². The van der Waals surface area contributed by atoms with Crippen LogP contribution < -0.4 is 9.50 Å². The topological polar surface area (TPSA) is 96.3 Å². The van der Waals surface area contributed by atoms with Crippen LogP contribution in [0.15, 0.2) is 95.4 Å². The van der Waals surface area contributed by atoms with E-state index < -0.39 is 16.0 Å². The minimum Gasteiger partial charge on any atom is -0.378 e. The maximum absolute atomic E-state index is 13.0. The summed E-state index contributed by atoms with van der Waals surface area (Å²) in [4.78, 5) is 12.8. The zero-order valence-corrected chi connectivity index (χ0v) is 20.1. The van der Waals surface area contributed by atoms with Gasteiger partial charge in [-0.25, -0.2) is 0 Å². The van der Waals surface area contributed by atoms with E-state index in [4.69, 9.17) is 15.8 Å². The Bertz CT molecular complexity index is 1600. The molecule has 0 bridgehead atoms. The van der Waals surface area contributed by atoms with Gasteiger partial charge >= 0.3 is 10.1 Å². The van der Waals surface area contributed by atoms with Crippen LogP contribution >= 0.6 is 11.6 Å². The third-order valence-corrected chi connectivity index (χ3v) is 6.66. The van der Waals surface area contributed by atoms with Crippen LogP contribution in [0.1, 0.15) is 11.1 Å². The second-order valence-corrected chi connectivity index (χ2v) is 9.67. The molecule has 0 spiro atoms. The molecule has 0 saturated carbocycles. The van der Waals surface area contributed by atoms with E-state index in [2.05, 4.69) is 5.32 Å². The SMILES string of the molecule is Cc1ccc(S(=O)(=O)Oc2ccc3ccccc3c2/C=C(\C#N)C(=O)Nc2cccc(Cl)c2)cc1. The van der Waals surface area contributed by atoms with E-state index in [0.717, 1.165) is 10.9 Å². The van der Waals surface area contributed by atoms with Crippen LogP contribution in [0.3, 0.4) is 0 Å². The van der Waals surface area contributed by atoms with Gasteiger partial charge in [-0.2, -0.15) is 13.7 Å². The summed E-state index contributed by atoms with van der Waals surface area (Å²) in [6, 6.07) is 25.1. The third kappa shape index (κ3) is 5.52. The summed E-state index contributed by atoms with van der Waals surface area (Å²) in [5.41, 5.74) is 1.37. The Balaban J connectivity index is 1.78. The van der Waals surface area contributed by atoms with Crippen LogP contribution in [-0.4, -0.2) is 14.3 Å². The van der Waals surface area contributed by atoms with E-state index >= 15 is 0 Å². The number of benzene rings is 4. The van der Waals surface area contributed by atoms with Crippen molar-refractivity contribution in [2.24, 2.45) is 0 Å². The van der Waals surface area contributed by atoms with E-state index in [0.29, 0.717) is 16.1 Å². The van der Waals surface area contributed by atoms with Gasteiger partial charge in [-0.3, -0.25) is 4.79 Å². The molecule has 0 saturated heterocycles. The summed E-state index contributed by atoms with van der Waals surface area (Å²) in [6.07, 6.45) is 1.32. The highest BCUT2D eigenvalue weighted by Crippen LogP contribution is 2.32. The maximum atomic E-state index is 13.0. The quantitative estimate of drug-likeness (QED) is 0.195. The number of nitrogens with one attached hydrogen (secondary N) is 1. The Morgan fingerprint density at radius 2 is 1.74 bits per heavy atom. The zero-order valence-electron chi connectivity index (χ0n) is 18.5. The zero-order chi connectivity index (χ0) is 25.0. The number of carbonyl (C=O) groups is 1. The highest BCUT2D eigenvalue weighted by Gasteiger charge is 2.20. The van der Waals surface area contributed by atoms with Crippen molar-refractivity contribution >= 4 is 50.2 Å². The number of nitrogens with zero attached hydrogens (tertiary/aromatic N) is 1. The number of anilines is 1. The third-order valence-electron chi connectivity index (χ3n) is 5.18. The van der Waals surface area contributed by atoms with Crippen LogP contribution in [0.4, 0.5) is 5.69 Å². The number of nitriles is 1. The molecule has 1 amide bonds. The summed E-state index contributed by atoms with van der Waals surface area (Å²) >= 11 is 5.97. The first-order chi connectivity index (χ1) is 16.8. The molecule has 35 heavy (non-hydrogen) atoms. The number of halogens is 1. The normalized spacial score (nSPS) is 11.6. The molecule has 6 nitrogen and oxygen atoms in total. The van der Waals surface area contributed by atoms with Crippen molar-refractivity contribution in [2.75, 3.05) is 5.32 Å². The molecule has 0 aliphatic rings. The Hall–Kier alpha value is -4.12. The van der Waals surface area contributed by atoms with E-state index in [1.165, 1.54) is 24.3 Å². The Morgan fingerprint density at radius 1 is 1.00 bits per heavy atom. The van der Waals surface area contributed by atoms with Crippen molar-refractivity contribution in [3.05, 3.63) is 107 Å². The predicted octanol–water partition coefficient (Wildman–Crippen LogP) is 6.12. The minimum atomic E-state index is -4.16. The van der Waals surface area contributed by atoms with E-state index in [-0.39, 0.29) is 21.8 Å². The molecule has 0 aliphatic heterocycles. The summed E-state index contributed by atoms with van der Waals surface area (Å²) in [5, 5.41) is 14.2. The van der Waals surface area contributed by atoms with Crippen molar-refractivity contribution in [3.63, 3.8) is 0 Å². The second kappa shape index (κ2) is 10.0. The first kappa shape index (κ1) is 24.0. The highest BCUT2D eigenvalue weighted by molar-refractivity contribution is 7.87. The number of fused-ring (bicyclic) bond motifs is 1. The van der Waals surface area contributed by atoms with E-state index in [1.807, 2.05) is 25.1 Å². The average Bonchev–Trinajstić information content (AvgIpc) is 2.83. The molecular formula is C27H19ClN2O4S. The first-order valence-electron chi connectivity index (χ1n) is 10.5. The van der Waals surface area contributed by atoms with Gasteiger partial charge in [0.15, 0.2) is 5.75 Å². The van der Waals surface area contributed by atoms with Crippen molar-refractivity contribution in [1.29, 1.82) is 5.26 Å². The predicted molar refractivity (Wildman–Crippen MR) is 137 cm³/mol. The van der Waals surface area contributed by atoms with Crippen molar-refractivity contribution in [1.82, 2.24) is 0 Å². The lowest BCUT2D eigenvalue weighted by atomic mass is 10.0. The van der Waals surface area contributed by atoms with Gasteiger partial charge in [0, 0.05) is 16.3 Å². The van der Waals surface area contributed by atoms with Gasteiger partial charge in [-0.05, 0) is 60.2 Å². The van der Waals surface area contributed by atoms with Gasteiger partial charge in [0.25, 0.3) is 5.91 Å². The van der Waals surface area contributed by atoms with Gasteiger partial charge in [-0.15, -0.1) is 0 Å². The minimum absolute atomic E-state index is 0.00687. The largest absolute Gasteiger partial charge is 0.378 e. The molecule has 0 atom stereocenters. The number of hydrogen-bond donors (Lipinski definition) is 1. The van der Waals surface area contributed by atoms with Crippen LogP contribution in [-0.2, 0) is 14.9 Å². The van der Waals surface area contributed by atoms with E-state index in [1.54, 1.807) is 54.6 Å². The molecule has 1 N–H and O–H groups in total. The maximum Gasteiger partial charge on any atom is 0.339 e. The number of hydrogen-bond acceptors (Lipinski definition) is 5. The summed E-state index contributed by atoms with van der Waals surface area (Å²) in [7, 11) is -4.16. The van der Waals surface area contributed by atoms with Crippen molar-refractivity contribution < 1.29 is 17.4 Å². The summed E-state index contributed by atoms with van der Waals surface area (Å²) in [5.74, 6) is -0.678. The lowest BCUT2D eigenvalue weighted by Crippen LogP contribution is -2.14. The molecule has 0 aromatic heterocycles. The smallest absolute Gasteiger partial charge is 0.339 e. The Kier molecular flexibility index (Phi) is 6.87. The lowest BCUT2D eigenvalue weighted by molar-refractivity contribution is -0.112. The van der Waals surface area contributed by atoms with Crippen LogP contribution in [0.2, 0.25) is 5.02 Å². The number of aryl methyl sites for hydroxylation is 1. The molecule has 0 heterocycles. The fourth-order valence-electron chi connectivity index (χ4n) is 3.43. The molecule has 4 rings (SSSR count). The Labute approximate surface area is 208 Å². The van der Waals surface area contributed by atoms with Crippen LogP contribution in [0.25, 0.3) is 16.8 Å². The lowest BCUT2D eigenvalue weighted by Gasteiger charge is -2.13. The molecule has 0 radical (unpaired) electrons. The fourth-order valence-corrected chi connectivity index (χ4v) is 4.56. The molecular weight excluding hydrogens is 484 g/mol. The highest BCUT2D eigenvalue weighted by atomic mass is 35.5. The van der Waals surface area contributed by atoms with Crippen molar-refractivity contribution in [2.45, 2.75) is 11.8 Å². The number of rotatable bonds is 6. The summed E-state index contributed by atoms with van der Waals surface area (Å²) in [6.45, 7) is 1.85.